The summed E-state index contributed by atoms with van der Waals surface area (Å²) in [6.45, 7) is 7.46. The van der Waals surface area contributed by atoms with Gasteiger partial charge in [-0.25, -0.2) is 0 Å². The summed E-state index contributed by atoms with van der Waals surface area (Å²) in [5.41, 5.74) is 3.59. The monoisotopic (exact) mass is 228 g/mol. The largest absolute Gasteiger partial charge is 0.314 e. The highest BCUT2D eigenvalue weighted by Crippen LogP contribution is 2.19. The molecular formula is C15H20N2. The standard InChI is InChI=1S/C15H20N2/c1-4-16-11(2)9-13-10-12(3)17-15-8-6-5-7-14(13)15/h5-8,10-11,16H,4,9H2,1-3H3. The Hall–Kier alpha value is -1.41. The molecule has 0 saturated carbocycles. The molecule has 90 valence electrons. The second-order valence-corrected chi connectivity index (χ2v) is 4.60. The minimum absolute atomic E-state index is 0.505. The van der Waals surface area contributed by atoms with Crippen LogP contribution in [0, 0.1) is 6.92 Å². The summed E-state index contributed by atoms with van der Waals surface area (Å²) in [7, 11) is 0. The number of benzene rings is 1. The highest BCUT2D eigenvalue weighted by atomic mass is 14.9. The number of para-hydroxylation sites is 1. The second-order valence-electron chi connectivity index (χ2n) is 4.60. The SMILES string of the molecule is CCNC(C)Cc1cc(C)nc2ccccc12. The first-order chi connectivity index (χ1) is 8.20. The number of nitrogens with one attached hydrogen (secondary N) is 1. The molecule has 2 rings (SSSR count). The van der Waals surface area contributed by atoms with E-state index in [2.05, 4.69) is 55.3 Å². The lowest BCUT2D eigenvalue weighted by Gasteiger charge is -2.14. The molecule has 0 spiro atoms. The predicted molar refractivity (Wildman–Crippen MR) is 73.3 cm³/mol. The number of pyridine rings is 1. The Morgan fingerprint density at radius 3 is 2.82 bits per heavy atom. The smallest absolute Gasteiger partial charge is 0.0707 e. The van der Waals surface area contributed by atoms with Gasteiger partial charge in [0.2, 0.25) is 0 Å². The van der Waals surface area contributed by atoms with Gasteiger partial charge < -0.3 is 5.32 Å². The van der Waals surface area contributed by atoms with Crippen molar-refractivity contribution in [3.63, 3.8) is 0 Å². The molecular weight excluding hydrogens is 208 g/mol. The fourth-order valence-corrected chi connectivity index (χ4v) is 2.31. The molecule has 0 aliphatic rings. The second kappa shape index (κ2) is 5.28. The van der Waals surface area contributed by atoms with Crippen LogP contribution in [-0.4, -0.2) is 17.6 Å². The van der Waals surface area contributed by atoms with E-state index in [1.54, 1.807) is 0 Å². The summed E-state index contributed by atoms with van der Waals surface area (Å²) in [5.74, 6) is 0. The molecule has 1 aromatic heterocycles. The van der Waals surface area contributed by atoms with Gasteiger partial charge >= 0.3 is 0 Å². The summed E-state index contributed by atoms with van der Waals surface area (Å²) in [5, 5.41) is 4.74. The first-order valence-corrected chi connectivity index (χ1v) is 6.29. The number of hydrogen-bond donors (Lipinski definition) is 1. The number of aromatic nitrogens is 1. The highest BCUT2D eigenvalue weighted by Gasteiger charge is 2.07. The fraction of sp³-hybridized carbons (Fsp3) is 0.400. The third kappa shape index (κ3) is 2.83. The first-order valence-electron chi connectivity index (χ1n) is 6.29. The number of hydrogen-bond acceptors (Lipinski definition) is 2. The Morgan fingerprint density at radius 1 is 1.29 bits per heavy atom. The van der Waals surface area contributed by atoms with E-state index in [1.807, 2.05) is 6.07 Å². The molecule has 2 nitrogen and oxygen atoms in total. The predicted octanol–water partition coefficient (Wildman–Crippen LogP) is 3.08. The number of fused-ring (bicyclic) bond motifs is 1. The molecule has 0 bridgehead atoms. The molecule has 1 unspecified atom stereocenters. The van der Waals surface area contributed by atoms with Crippen LogP contribution < -0.4 is 5.32 Å². The summed E-state index contributed by atoms with van der Waals surface area (Å²) < 4.78 is 0. The maximum atomic E-state index is 4.57. The lowest BCUT2D eigenvalue weighted by Crippen LogP contribution is -2.27. The van der Waals surface area contributed by atoms with Crippen LogP contribution in [-0.2, 0) is 6.42 Å². The molecule has 1 heterocycles. The molecule has 0 aliphatic heterocycles. The molecule has 2 aromatic rings. The minimum atomic E-state index is 0.505. The molecule has 2 heteroatoms. The van der Waals surface area contributed by atoms with Gasteiger partial charge in [-0.1, -0.05) is 25.1 Å². The van der Waals surface area contributed by atoms with E-state index in [1.165, 1.54) is 10.9 Å². The summed E-state index contributed by atoms with van der Waals surface area (Å²) in [6, 6.07) is 11.1. The maximum Gasteiger partial charge on any atom is 0.0707 e. The molecule has 0 amide bonds. The summed E-state index contributed by atoms with van der Waals surface area (Å²) in [6.07, 6.45) is 1.05. The van der Waals surface area contributed by atoms with Crippen LogP contribution in [0.25, 0.3) is 10.9 Å². The van der Waals surface area contributed by atoms with Gasteiger partial charge in [-0.05, 0) is 44.5 Å². The van der Waals surface area contributed by atoms with Crippen molar-refractivity contribution in [2.45, 2.75) is 33.2 Å². The average Bonchev–Trinajstić information content (AvgIpc) is 2.29. The van der Waals surface area contributed by atoms with Crippen LogP contribution >= 0.6 is 0 Å². The van der Waals surface area contributed by atoms with Gasteiger partial charge in [-0.3, -0.25) is 4.98 Å². The van der Waals surface area contributed by atoms with Crippen LogP contribution in [0.4, 0.5) is 0 Å². The molecule has 0 radical (unpaired) electrons. The quantitative estimate of drug-likeness (QED) is 0.870. The van der Waals surface area contributed by atoms with Crippen molar-refractivity contribution in [2.75, 3.05) is 6.54 Å². The average molecular weight is 228 g/mol. The first kappa shape index (κ1) is 12.1. The lowest BCUT2D eigenvalue weighted by atomic mass is 10.0. The minimum Gasteiger partial charge on any atom is -0.314 e. The highest BCUT2D eigenvalue weighted by molar-refractivity contribution is 5.82. The van der Waals surface area contributed by atoms with Crippen LogP contribution in [0.3, 0.4) is 0 Å². The molecule has 1 aromatic carbocycles. The Labute approximate surface area is 103 Å². The van der Waals surface area contributed by atoms with E-state index in [-0.39, 0.29) is 0 Å². The Bertz CT molecular complexity index is 505. The van der Waals surface area contributed by atoms with Crippen LogP contribution in [0.2, 0.25) is 0 Å². The van der Waals surface area contributed by atoms with Gasteiger partial charge in [0.15, 0.2) is 0 Å². The Morgan fingerprint density at radius 2 is 2.06 bits per heavy atom. The lowest BCUT2D eigenvalue weighted by molar-refractivity contribution is 0.566. The van der Waals surface area contributed by atoms with Crippen LogP contribution in [0.15, 0.2) is 30.3 Å². The van der Waals surface area contributed by atoms with Crippen molar-refractivity contribution in [3.8, 4) is 0 Å². The van der Waals surface area contributed by atoms with Crippen molar-refractivity contribution in [1.29, 1.82) is 0 Å². The van der Waals surface area contributed by atoms with Crippen molar-refractivity contribution < 1.29 is 0 Å². The van der Waals surface area contributed by atoms with Crippen LogP contribution in [0.5, 0.6) is 0 Å². The molecule has 1 N–H and O–H groups in total. The van der Waals surface area contributed by atoms with E-state index in [0.29, 0.717) is 6.04 Å². The molecule has 0 saturated heterocycles. The zero-order valence-corrected chi connectivity index (χ0v) is 10.8. The number of nitrogens with zero attached hydrogens (tertiary/aromatic N) is 1. The van der Waals surface area contributed by atoms with Gasteiger partial charge in [-0.15, -0.1) is 0 Å². The normalized spacial score (nSPS) is 12.9. The van der Waals surface area contributed by atoms with Gasteiger partial charge in [0.1, 0.15) is 0 Å². The zero-order valence-electron chi connectivity index (χ0n) is 10.8. The van der Waals surface area contributed by atoms with Gasteiger partial charge in [-0.2, -0.15) is 0 Å². The van der Waals surface area contributed by atoms with E-state index in [9.17, 15) is 0 Å². The van der Waals surface area contributed by atoms with E-state index >= 15 is 0 Å². The van der Waals surface area contributed by atoms with Gasteiger partial charge in [0.25, 0.3) is 0 Å². The maximum absolute atomic E-state index is 4.57. The Balaban J connectivity index is 2.38. The zero-order chi connectivity index (χ0) is 12.3. The number of likely N-dealkylation sites (N-methyl/N-ethyl adjacent to an activating group) is 1. The van der Waals surface area contributed by atoms with Crippen molar-refractivity contribution in [1.82, 2.24) is 10.3 Å². The number of rotatable bonds is 4. The van der Waals surface area contributed by atoms with E-state index in [0.717, 1.165) is 24.2 Å². The van der Waals surface area contributed by atoms with E-state index in [4.69, 9.17) is 0 Å². The van der Waals surface area contributed by atoms with Crippen molar-refractivity contribution >= 4 is 10.9 Å². The molecule has 1 atom stereocenters. The topological polar surface area (TPSA) is 24.9 Å². The summed E-state index contributed by atoms with van der Waals surface area (Å²) in [4.78, 5) is 4.57. The third-order valence-electron chi connectivity index (χ3n) is 3.01. The summed E-state index contributed by atoms with van der Waals surface area (Å²) >= 11 is 0. The third-order valence-corrected chi connectivity index (χ3v) is 3.01. The van der Waals surface area contributed by atoms with Gasteiger partial charge in [0.05, 0.1) is 5.52 Å². The number of aryl methyl sites for hydroxylation is 1. The van der Waals surface area contributed by atoms with Crippen LogP contribution in [0.1, 0.15) is 25.1 Å². The molecule has 0 aliphatic carbocycles. The Kier molecular flexibility index (Phi) is 3.75. The van der Waals surface area contributed by atoms with Crippen molar-refractivity contribution in [2.24, 2.45) is 0 Å². The van der Waals surface area contributed by atoms with Crippen molar-refractivity contribution in [3.05, 3.63) is 41.6 Å². The fourth-order valence-electron chi connectivity index (χ4n) is 2.31. The van der Waals surface area contributed by atoms with Gasteiger partial charge in [0, 0.05) is 17.1 Å². The van der Waals surface area contributed by atoms with E-state index < -0.39 is 0 Å². The molecule has 17 heavy (non-hydrogen) atoms. The molecule has 0 fully saturated rings.